The van der Waals surface area contributed by atoms with Gasteiger partial charge in [0, 0.05) is 38.6 Å². The van der Waals surface area contributed by atoms with Crippen LogP contribution in [0.2, 0.25) is 0 Å². The topological polar surface area (TPSA) is 9.86 Å². The van der Waals surface area contributed by atoms with Crippen molar-refractivity contribution in [1.29, 1.82) is 0 Å². The Morgan fingerprint density at radius 2 is 1.08 bits per heavy atom. The minimum atomic E-state index is -0.492. The highest BCUT2D eigenvalue weighted by Gasteiger charge is 2.54. The Morgan fingerprint density at radius 3 is 1.81 bits per heavy atom. The molecule has 0 atom stereocenters. The third-order valence-electron chi connectivity index (χ3n) is 15.3. The summed E-state index contributed by atoms with van der Waals surface area (Å²) in [4.78, 5) is 0. The SMILES string of the molecule is CCc1cc2c3c(c1)c1cc(CC)cc4c1n3-c1c(ccc3c1B2c1cc2ccccc2c2c(-c5ccccc5)c(-c5ccccc5)n-3c12)C41c2ccccc2-c2ccccc21. The standard InChI is InChI=1S/C59H39BN2/c1-3-34-29-42-43-30-35(4-2)32-48-56(43)62-55(42)47(31-34)59(44-25-15-13-23-40(44)41-24-14-16-26-45(41)59)46-27-28-50-53(57(46)62)60(48)49-33-38-21-11-12-22-39(38)52-51(36-17-7-5-8-18-36)54(61(50)58(49)52)37-19-9-6-10-20-37/h5-33H,3-4H2,1-2H3. The summed E-state index contributed by atoms with van der Waals surface area (Å²) in [6.07, 6.45) is 1.96. The highest BCUT2D eigenvalue weighted by molar-refractivity contribution is 7.00. The fraction of sp³-hybridized carbons (Fsp3) is 0.0847. The molecule has 2 aromatic heterocycles. The Balaban J connectivity index is 1.23. The second-order valence-electron chi connectivity index (χ2n) is 18.0. The molecule has 3 heteroatoms. The molecule has 1 spiro atoms. The molecule has 0 saturated carbocycles. The molecule has 62 heavy (non-hydrogen) atoms. The predicted octanol–water partition coefficient (Wildman–Crippen LogP) is 12.2. The van der Waals surface area contributed by atoms with Crippen LogP contribution in [0.4, 0.5) is 0 Å². The maximum atomic E-state index is 2.75. The van der Waals surface area contributed by atoms with Gasteiger partial charge in [-0.25, -0.2) is 0 Å². The van der Waals surface area contributed by atoms with Crippen LogP contribution in [0.5, 0.6) is 0 Å². The first kappa shape index (κ1) is 33.4. The maximum Gasteiger partial charge on any atom is 0.252 e. The molecular formula is C59H39BN2. The molecular weight excluding hydrogens is 747 g/mol. The van der Waals surface area contributed by atoms with Crippen molar-refractivity contribution >= 4 is 66.6 Å². The summed E-state index contributed by atoms with van der Waals surface area (Å²) in [5.74, 6) is 0. The summed E-state index contributed by atoms with van der Waals surface area (Å²) in [6, 6.07) is 67.9. The molecule has 0 fully saturated rings. The normalized spacial score (nSPS) is 14.2. The van der Waals surface area contributed by atoms with Gasteiger partial charge < -0.3 is 9.13 Å². The third-order valence-corrected chi connectivity index (χ3v) is 15.3. The zero-order chi connectivity index (χ0) is 40.6. The number of rotatable bonds is 4. The fourth-order valence-electron chi connectivity index (χ4n) is 13.0. The van der Waals surface area contributed by atoms with Crippen LogP contribution in [0.3, 0.4) is 0 Å². The molecule has 11 aromatic rings. The monoisotopic (exact) mass is 786 g/mol. The van der Waals surface area contributed by atoms with Crippen LogP contribution in [0.15, 0.2) is 176 Å². The molecule has 2 nitrogen and oxygen atoms in total. The number of aryl methyl sites for hydroxylation is 2. The van der Waals surface area contributed by atoms with Crippen molar-refractivity contribution < 1.29 is 0 Å². The van der Waals surface area contributed by atoms with Crippen LogP contribution in [0, 0.1) is 0 Å². The van der Waals surface area contributed by atoms with Gasteiger partial charge in [0.05, 0.1) is 22.1 Å². The number of aromatic nitrogens is 2. The van der Waals surface area contributed by atoms with Crippen molar-refractivity contribution in [2.75, 3.05) is 0 Å². The van der Waals surface area contributed by atoms with E-state index in [0.717, 1.165) is 12.8 Å². The van der Waals surface area contributed by atoms with E-state index < -0.39 is 5.41 Å². The van der Waals surface area contributed by atoms with E-state index in [9.17, 15) is 0 Å². The Kier molecular flexibility index (Phi) is 6.20. The molecule has 5 heterocycles. The van der Waals surface area contributed by atoms with Crippen molar-refractivity contribution in [2.24, 2.45) is 0 Å². The number of fused-ring (bicyclic) bond motifs is 13. The van der Waals surface area contributed by atoms with E-state index in [1.165, 1.54) is 138 Å². The highest BCUT2D eigenvalue weighted by atomic mass is 15.1. The average Bonchev–Trinajstić information content (AvgIpc) is 3.97. The largest absolute Gasteiger partial charge is 0.310 e. The Labute approximate surface area is 360 Å². The van der Waals surface area contributed by atoms with Crippen molar-refractivity contribution in [3.05, 3.63) is 209 Å². The molecule has 9 aromatic carbocycles. The van der Waals surface area contributed by atoms with Gasteiger partial charge in [0.1, 0.15) is 0 Å². The van der Waals surface area contributed by atoms with Crippen LogP contribution >= 0.6 is 0 Å². The van der Waals surface area contributed by atoms with E-state index in [1.54, 1.807) is 0 Å². The second kappa shape index (κ2) is 11.5. The third kappa shape index (κ3) is 3.71. The number of benzene rings is 9. The van der Waals surface area contributed by atoms with Gasteiger partial charge in [-0.05, 0) is 114 Å². The van der Waals surface area contributed by atoms with Crippen molar-refractivity contribution in [2.45, 2.75) is 32.1 Å². The molecule has 0 unspecified atom stereocenters. The molecule has 0 N–H and O–H groups in total. The van der Waals surface area contributed by atoms with Gasteiger partial charge in [-0.1, -0.05) is 172 Å². The minimum Gasteiger partial charge on any atom is -0.310 e. The molecule has 0 radical (unpaired) electrons. The van der Waals surface area contributed by atoms with Gasteiger partial charge in [-0.2, -0.15) is 0 Å². The van der Waals surface area contributed by atoms with Crippen LogP contribution in [0.25, 0.3) is 88.4 Å². The molecule has 0 saturated heterocycles. The highest BCUT2D eigenvalue weighted by Crippen LogP contribution is 2.62. The number of hydrogen-bond acceptors (Lipinski definition) is 0. The van der Waals surface area contributed by atoms with Crippen molar-refractivity contribution in [1.82, 2.24) is 9.13 Å². The van der Waals surface area contributed by atoms with E-state index in [1.807, 2.05) is 0 Å². The molecule has 0 amide bonds. The smallest absolute Gasteiger partial charge is 0.252 e. The van der Waals surface area contributed by atoms with E-state index in [0.29, 0.717) is 0 Å². The Hall–Kier alpha value is -7.36. The fourth-order valence-corrected chi connectivity index (χ4v) is 13.0. The molecule has 4 aliphatic rings. The van der Waals surface area contributed by atoms with E-state index in [2.05, 4.69) is 199 Å². The van der Waals surface area contributed by atoms with Gasteiger partial charge in [0.25, 0.3) is 6.71 Å². The van der Waals surface area contributed by atoms with Gasteiger partial charge in [0.15, 0.2) is 0 Å². The zero-order valence-corrected chi connectivity index (χ0v) is 34.6. The summed E-state index contributed by atoms with van der Waals surface area (Å²) in [6.45, 7) is 4.68. The second-order valence-corrected chi connectivity index (χ2v) is 18.0. The number of hydrogen-bond donors (Lipinski definition) is 0. The quantitative estimate of drug-likeness (QED) is 0.157. The van der Waals surface area contributed by atoms with E-state index in [4.69, 9.17) is 0 Å². The van der Waals surface area contributed by atoms with Crippen molar-refractivity contribution in [3.8, 4) is 44.9 Å². The van der Waals surface area contributed by atoms with Gasteiger partial charge in [-0.3, -0.25) is 0 Å². The lowest BCUT2D eigenvalue weighted by molar-refractivity contribution is 0.747. The molecule has 288 valence electrons. The Bertz CT molecular complexity index is 3780. The predicted molar refractivity (Wildman–Crippen MR) is 260 cm³/mol. The summed E-state index contributed by atoms with van der Waals surface area (Å²) < 4.78 is 5.44. The van der Waals surface area contributed by atoms with Crippen LogP contribution in [0.1, 0.15) is 47.2 Å². The summed E-state index contributed by atoms with van der Waals surface area (Å²) in [5, 5.41) is 6.70. The van der Waals surface area contributed by atoms with E-state index >= 15 is 0 Å². The van der Waals surface area contributed by atoms with Gasteiger partial charge in [-0.15, -0.1) is 0 Å². The Morgan fingerprint density at radius 1 is 0.468 bits per heavy atom. The lowest BCUT2D eigenvalue weighted by Gasteiger charge is -2.44. The molecule has 3 aliphatic heterocycles. The summed E-state index contributed by atoms with van der Waals surface area (Å²) in [5.41, 5.74) is 26.6. The molecule has 0 bridgehead atoms. The first-order valence-corrected chi connectivity index (χ1v) is 22.4. The van der Waals surface area contributed by atoms with Crippen LogP contribution < -0.4 is 16.4 Å². The van der Waals surface area contributed by atoms with Crippen LogP contribution in [-0.4, -0.2) is 15.8 Å². The van der Waals surface area contributed by atoms with E-state index in [-0.39, 0.29) is 6.71 Å². The van der Waals surface area contributed by atoms with Gasteiger partial charge in [0.2, 0.25) is 0 Å². The summed E-state index contributed by atoms with van der Waals surface area (Å²) >= 11 is 0. The lowest BCUT2D eigenvalue weighted by Crippen LogP contribution is -2.60. The summed E-state index contributed by atoms with van der Waals surface area (Å²) in [7, 11) is 0. The first-order valence-electron chi connectivity index (χ1n) is 22.4. The average molecular weight is 787 g/mol. The van der Waals surface area contributed by atoms with Crippen molar-refractivity contribution in [3.63, 3.8) is 0 Å². The number of nitrogens with zero attached hydrogens (tertiary/aromatic N) is 2. The van der Waals surface area contributed by atoms with Crippen LogP contribution in [-0.2, 0) is 18.3 Å². The molecule has 1 aliphatic carbocycles. The molecule has 15 rings (SSSR count). The van der Waals surface area contributed by atoms with Gasteiger partial charge >= 0.3 is 0 Å². The zero-order valence-electron chi connectivity index (χ0n) is 34.6. The lowest BCUT2D eigenvalue weighted by atomic mass is 9.33. The maximum absolute atomic E-state index is 2.75. The minimum absolute atomic E-state index is 0.0312. The first-order chi connectivity index (χ1) is 30.7.